The molecule has 0 bridgehead atoms. The second kappa shape index (κ2) is 6.89. The molecule has 0 fully saturated rings. The number of hydrogen-bond donors (Lipinski definition) is 2. The smallest absolute Gasteiger partial charge is 0.334 e. The summed E-state index contributed by atoms with van der Waals surface area (Å²) in [6, 6.07) is 18.0. The van der Waals surface area contributed by atoms with Crippen LogP contribution in [0.3, 0.4) is 0 Å². The molecule has 0 saturated carbocycles. The van der Waals surface area contributed by atoms with Gasteiger partial charge in [0.05, 0.1) is 17.9 Å². The van der Waals surface area contributed by atoms with Gasteiger partial charge in [-0.15, -0.1) is 0 Å². The van der Waals surface area contributed by atoms with Crippen LogP contribution >= 0.6 is 0 Å². The second-order valence-corrected chi connectivity index (χ2v) is 6.93. The Morgan fingerprint density at radius 1 is 1.04 bits per heavy atom. The predicted molar refractivity (Wildman–Crippen MR) is 106 cm³/mol. The molecule has 1 aliphatic heterocycles. The van der Waals surface area contributed by atoms with Crippen LogP contribution in [0, 0.1) is 6.92 Å². The first-order chi connectivity index (χ1) is 13.0. The van der Waals surface area contributed by atoms with E-state index < -0.39 is 5.69 Å². The van der Waals surface area contributed by atoms with E-state index in [0.29, 0.717) is 24.6 Å². The Bertz CT molecular complexity index is 1090. The van der Waals surface area contributed by atoms with Crippen molar-refractivity contribution in [1.82, 2.24) is 14.5 Å². The summed E-state index contributed by atoms with van der Waals surface area (Å²) in [5.41, 5.74) is 2.79. The zero-order chi connectivity index (χ0) is 19.0. The molecule has 1 unspecified atom stereocenters. The van der Waals surface area contributed by atoms with Crippen LogP contribution in [-0.2, 0) is 6.54 Å². The first-order valence-electron chi connectivity index (χ1n) is 9.02. The number of aromatic nitrogens is 2. The van der Waals surface area contributed by atoms with Crippen molar-refractivity contribution in [2.75, 3.05) is 12.0 Å². The number of nitrogens with one attached hydrogen (secondary N) is 2. The summed E-state index contributed by atoms with van der Waals surface area (Å²) in [7, 11) is 0. The third kappa shape index (κ3) is 3.19. The lowest BCUT2D eigenvalue weighted by Gasteiger charge is -2.35. The number of nitrogens with zero attached hydrogens (tertiary/aromatic N) is 2. The molecule has 2 N–H and O–H groups in total. The molecule has 2 heterocycles. The van der Waals surface area contributed by atoms with E-state index in [1.165, 1.54) is 5.56 Å². The highest BCUT2D eigenvalue weighted by molar-refractivity contribution is 5.52. The van der Waals surface area contributed by atoms with Crippen LogP contribution in [0.5, 0.6) is 0 Å². The highest BCUT2D eigenvalue weighted by Gasteiger charge is 2.26. The van der Waals surface area contributed by atoms with Crippen LogP contribution in [0.1, 0.15) is 29.7 Å². The normalized spacial score (nSPS) is 15.0. The van der Waals surface area contributed by atoms with Gasteiger partial charge >= 0.3 is 5.69 Å². The summed E-state index contributed by atoms with van der Waals surface area (Å²) in [6.45, 7) is 5.12. The first-order valence-corrected chi connectivity index (χ1v) is 9.02. The summed E-state index contributed by atoms with van der Waals surface area (Å²) < 4.78 is 1.55. The van der Waals surface area contributed by atoms with Gasteiger partial charge in [-0.05, 0) is 37.1 Å². The molecule has 6 nitrogen and oxygen atoms in total. The zero-order valence-electron chi connectivity index (χ0n) is 15.4. The Labute approximate surface area is 157 Å². The van der Waals surface area contributed by atoms with Gasteiger partial charge in [0.15, 0.2) is 0 Å². The number of rotatable bonds is 3. The summed E-state index contributed by atoms with van der Waals surface area (Å²) in [6.07, 6.45) is 0. The molecule has 2 aromatic carbocycles. The predicted octanol–water partition coefficient (Wildman–Crippen LogP) is 2.78. The molecule has 0 spiro atoms. The fourth-order valence-electron chi connectivity index (χ4n) is 3.57. The van der Waals surface area contributed by atoms with Crippen LogP contribution < -0.4 is 16.6 Å². The van der Waals surface area contributed by atoms with E-state index in [0.717, 1.165) is 11.3 Å². The number of benzene rings is 2. The van der Waals surface area contributed by atoms with Crippen molar-refractivity contribution in [2.24, 2.45) is 0 Å². The number of anilines is 1. The van der Waals surface area contributed by atoms with E-state index in [-0.39, 0.29) is 11.6 Å². The van der Waals surface area contributed by atoms with Crippen molar-refractivity contribution in [2.45, 2.75) is 26.4 Å². The monoisotopic (exact) mass is 362 g/mol. The van der Waals surface area contributed by atoms with Crippen LogP contribution in [0.15, 0.2) is 64.2 Å². The van der Waals surface area contributed by atoms with Crippen molar-refractivity contribution < 1.29 is 0 Å². The lowest BCUT2D eigenvalue weighted by molar-refractivity contribution is 0.207. The third-order valence-electron chi connectivity index (χ3n) is 5.11. The first kappa shape index (κ1) is 17.3. The van der Waals surface area contributed by atoms with E-state index in [2.05, 4.69) is 34.3 Å². The molecule has 138 valence electrons. The molecule has 3 aromatic rings. The Morgan fingerprint density at radius 3 is 2.56 bits per heavy atom. The fraction of sp³-hybridized carbons (Fsp3) is 0.238. The third-order valence-corrected chi connectivity index (χ3v) is 5.11. The van der Waals surface area contributed by atoms with Gasteiger partial charge in [0, 0.05) is 12.6 Å². The number of H-pyrrole nitrogens is 1. The SMILES string of the molecule is Cc1cccc(-n2c3c(c(=O)[nH]c2=O)CN(C(C)c2ccccc2)CN3)c1. The summed E-state index contributed by atoms with van der Waals surface area (Å²) in [4.78, 5) is 29.7. The van der Waals surface area contributed by atoms with E-state index in [1.54, 1.807) is 4.57 Å². The standard InChI is InChI=1S/C21H22N4O2/c1-14-7-6-10-17(11-14)25-19-18(20(26)23-21(25)27)12-24(13-22-19)15(2)16-8-4-3-5-9-16/h3-11,15,22H,12-13H2,1-2H3,(H,23,26,27). The maximum atomic E-state index is 12.5. The van der Waals surface area contributed by atoms with Crippen LogP contribution in [0.25, 0.3) is 5.69 Å². The van der Waals surface area contributed by atoms with E-state index in [4.69, 9.17) is 0 Å². The molecule has 4 rings (SSSR count). The molecule has 0 radical (unpaired) electrons. The molecule has 0 saturated heterocycles. The molecule has 0 amide bonds. The van der Waals surface area contributed by atoms with Gasteiger partial charge in [0.25, 0.3) is 5.56 Å². The molecular weight excluding hydrogens is 340 g/mol. The Balaban J connectivity index is 1.76. The van der Waals surface area contributed by atoms with Crippen molar-refractivity contribution in [3.05, 3.63) is 92.1 Å². The molecular formula is C21H22N4O2. The average Bonchev–Trinajstić information content (AvgIpc) is 2.68. The van der Waals surface area contributed by atoms with Crippen molar-refractivity contribution in [1.29, 1.82) is 0 Å². The Hall–Kier alpha value is -3.12. The molecule has 1 aliphatic rings. The van der Waals surface area contributed by atoms with Crippen LogP contribution in [0.2, 0.25) is 0 Å². The van der Waals surface area contributed by atoms with Crippen molar-refractivity contribution >= 4 is 5.82 Å². The molecule has 27 heavy (non-hydrogen) atoms. The maximum absolute atomic E-state index is 12.5. The minimum absolute atomic E-state index is 0.144. The Morgan fingerprint density at radius 2 is 1.81 bits per heavy atom. The van der Waals surface area contributed by atoms with Crippen molar-refractivity contribution in [3.8, 4) is 5.69 Å². The van der Waals surface area contributed by atoms with Gasteiger partial charge in [-0.1, -0.05) is 42.5 Å². The maximum Gasteiger partial charge on any atom is 0.334 e. The largest absolute Gasteiger partial charge is 0.358 e. The minimum Gasteiger partial charge on any atom is -0.358 e. The minimum atomic E-state index is -0.429. The number of hydrogen-bond acceptors (Lipinski definition) is 4. The summed E-state index contributed by atoms with van der Waals surface area (Å²) in [5.74, 6) is 0.575. The lowest BCUT2D eigenvalue weighted by atomic mass is 10.1. The molecule has 0 aliphatic carbocycles. The van der Waals surface area contributed by atoms with Gasteiger partial charge < -0.3 is 5.32 Å². The summed E-state index contributed by atoms with van der Waals surface area (Å²) >= 11 is 0. The zero-order valence-corrected chi connectivity index (χ0v) is 15.4. The van der Waals surface area contributed by atoms with Crippen molar-refractivity contribution in [3.63, 3.8) is 0 Å². The number of aromatic amines is 1. The van der Waals surface area contributed by atoms with Gasteiger partial charge in [-0.3, -0.25) is 14.7 Å². The molecule has 1 aromatic heterocycles. The lowest BCUT2D eigenvalue weighted by Crippen LogP contribution is -2.43. The molecule has 1 atom stereocenters. The second-order valence-electron chi connectivity index (χ2n) is 6.93. The molecule has 6 heteroatoms. The van der Waals surface area contributed by atoms with Gasteiger partial charge in [-0.2, -0.15) is 0 Å². The van der Waals surface area contributed by atoms with Gasteiger partial charge in [-0.25, -0.2) is 9.36 Å². The number of aryl methyl sites for hydroxylation is 1. The van der Waals surface area contributed by atoms with Gasteiger partial charge in [0.1, 0.15) is 5.82 Å². The van der Waals surface area contributed by atoms with Crippen LogP contribution in [0.4, 0.5) is 5.82 Å². The van der Waals surface area contributed by atoms with E-state index in [9.17, 15) is 9.59 Å². The highest BCUT2D eigenvalue weighted by Crippen LogP contribution is 2.27. The average molecular weight is 362 g/mol. The van der Waals surface area contributed by atoms with E-state index >= 15 is 0 Å². The summed E-state index contributed by atoms with van der Waals surface area (Å²) in [5, 5.41) is 3.30. The quantitative estimate of drug-likeness (QED) is 0.752. The number of fused-ring (bicyclic) bond motifs is 1. The van der Waals surface area contributed by atoms with Gasteiger partial charge in [0.2, 0.25) is 0 Å². The topological polar surface area (TPSA) is 70.1 Å². The van der Waals surface area contributed by atoms with Crippen LogP contribution in [-0.4, -0.2) is 21.1 Å². The van der Waals surface area contributed by atoms with E-state index in [1.807, 2.05) is 49.4 Å². The Kier molecular flexibility index (Phi) is 4.41. The highest BCUT2D eigenvalue weighted by atomic mass is 16.2. The fourth-order valence-corrected chi connectivity index (χ4v) is 3.57.